The fraction of sp³-hybridized carbons (Fsp3) is 0.385. The maximum Gasteiger partial charge on any atom is 0.341 e. The first-order valence-electron chi connectivity index (χ1n) is 11.3. The monoisotopic (exact) mass is 467 g/mol. The van der Waals surface area contributed by atoms with E-state index in [-0.39, 0.29) is 17.6 Å². The summed E-state index contributed by atoms with van der Waals surface area (Å²) in [6.07, 6.45) is 5.46. The molecule has 0 spiro atoms. The fourth-order valence-electron chi connectivity index (χ4n) is 4.21. The first-order valence-corrected chi connectivity index (χ1v) is 11.3. The van der Waals surface area contributed by atoms with Gasteiger partial charge in [-0.2, -0.15) is 0 Å². The summed E-state index contributed by atoms with van der Waals surface area (Å²) in [5, 5.41) is 9.46. The van der Waals surface area contributed by atoms with Crippen LogP contribution in [0.2, 0.25) is 0 Å². The summed E-state index contributed by atoms with van der Waals surface area (Å²) in [4.78, 5) is 24.1. The molecule has 0 saturated carbocycles. The number of carboxylic acid groups (broad SMARTS) is 1. The molecule has 8 nitrogen and oxygen atoms in total. The van der Waals surface area contributed by atoms with Crippen LogP contribution in [0.5, 0.6) is 5.75 Å². The van der Waals surface area contributed by atoms with Gasteiger partial charge in [-0.3, -0.25) is 4.79 Å². The van der Waals surface area contributed by atoms with Crippen molar-refractivity contribution in [3.63, 3.8) is 0 Å². The van der Waals surface area contributed by atoms with Crippen molar-refractivity contribution >= 4 is 5.97 Å². The Morgan fingerprint density at radius 1 is 1.24 bits per heavy atom. The standard InChI is InChI=1S/C26H29NO7/c1-16(2)34-15-18-12-27-13-22(26(29)30)24(28)11-23(27)21-9-20(17-5-8-32-14-17)25(10-19(18)21)33-7-4-6-31-3/h5,8-11,13-14,16,18H,4,6-7,12,15H2,1-3H3,(H,29,30)/t18-/m1/s1. The van der Waals surface area contributed by atoms with Gasteiger partial charge in [0.1, 0.15) is 11.3 Å². The van der Waals surface area contributed by atoms with Crippen molar-refractivity contribution in [1.82, 2.24) is 4.57 Å². The molecule has 0 bridgehead atoms. The van der Waals surface area contributed by atoms with Gasteiger partial charge in [-0.1, -0.05) is 0 Å². The van der Waals surface area contributed by atoms with Crippen molar-refractivity contribution in [2.45, 2.75) is 38.8 Å². The number of hydrogen-bond acceptors (Lipinski definition) is 6. The van der Waals surface area contributed by atoms with E-state index in [0.717, 1.165) is 28.7 Å². The summed E-state index contributed by atoms with van der Waals surface area (Å²) < 4.78 is 24.4. The van der Waals surface area contributed by atoms with E-state index >= 15 is 0 Å². The topological polar surface area (TPSA) is 100 Å². The molecule has 3 heterocycles. The molecule has 4 rings (SSSR count). The van der Waals surface area contributed by atoms with Crippen LogP contribution in [0.4, 0.5) is 0 Å². The molecular weight excluding hydrogens is 438 g/mol. The number of carbonyl (C=O) groups is 1. The highest BCUT2D eigenvalue weighted by atomic mass is 16.5. The first-order chi connectivity index (χ1) is 16.4. The maximum atomic E-state index is 12.6. The minimum absolute atomic E-state index is 0.0448. The summed E-state index contributed by atoms with van der Waals surface area (Å²) in [7, 11) is 1.66. The van der Waals surface area contributed by atoms with Gasteiger partial charge >= 0.3 is 5.97 Å². The van der Waals surface area contributed by atoms with Crippen LogP contribution < -0.4 is 10.2 Å². The minimum Gasteiger partial charge on any atom is -0.493 e. The van der Waals surface area contributed by atoms with Gasteiger partial charge in [-0.25, -0.2) is 4.79 Å². The molecule has 1 aliphatic heterocycles. The molecule has 0 radical (unpaired) electrons. The van der Waals surface area contributed by atoms with Gasteiger partial charge in [0.05, 0.1) is 37.5 Å². The second-order valence-corrected chi connectivity index (χ2v) is 8.62. The Kier molecular flexibility index (Phi) is 7.19. The molecule has 3 aromatic rings. The van der Waals surface area contributed by atoms with Gasteiger partial charge < -0.3 is 28.3 Å². The molecule has 0 saturated heterocycles. The third kappa shape index (κ3) is 4.93. The molecule has 0 fully saturated rings. The SMILES string of the molecule is COCCCOc1cc2c(cc1-c1ccoc1)-c1cc(=O)c(C(=O)O)cn1C[C@@H]2COC(C)C. The Bertz CT molecular complexity index is 1210. The molecule has 180 valence electrons. The number of carboxylic acids is 1. The second-order valence-electron chi connectivity index (χ2n) is 8.62. The molecule has 1 atom stereocenters. The van der Waals surface area contributed by atoms with E-state index in [1.165, 1.54) is 12.3 Å². The van der Waals surface area contributed by atoms with Gasteiger partial charge in [0, 0.05) is 61.6 Å². The Balaban J connectivity index is 1.86. The average molecular weight is 468 g/mol. The number of benzene rings is 1. The van der Waals surface area contributed by atoms with E-state index in [0.29, 0.717) is 37.8 Å². The van der Waals surface area contributed by atoms with E-state index in [9.17, 15) is 14.7 Å². The number of ether oxygens (including phenoxy) is 3. The quantitative estimate of drug-likeness (QED) is 0.441. The molecule has 34 heavy (non-hydrogen) atoms. The maximum absolute atomic E-state index is 12.6. The third-order valence-corrected chi connectivity index (χ3v) is 5.86. The van der Waals surface area contributed by atoms with Crippen molar-refractivity contribution in [1.29, 1.82) is 0 Å². The average Bonchev–Trinajstić information content (AvgIpc) is 3.34. The zero-order chi connectivity index (χ0) is 24.2. The zero-order valence-corrected chi connectivity index (χ0v) is 19.6. The van der Waals surface area contributed by atoms with E-state index in [1.807, 2.05) is 36.6 Å². The molecule has 1 N–H and O–H groups in total. The predicted molar refractivity (Wildman–Crippen MR) is 127 cm³/mol. The van der Waals surface area contributed by atoms with Crippen molar-refractivity contribution in [3.05, 3.63) is 64.3 Å². The molecule has 0 aliphatic carbocycles. The van der Waals surface area contributed by atoms with Crippen LogP contribution in [0.3, 0.4) is 0 Å². The molecule has 0 unspecified atom stereocenters. The van der Waals surface area contributed by atoms with Crippen molar-refractivity contribution in [3.8, 4) is 28.1 Å². The number of rotatable bonds is 10. The molecular formula is C26H29NO7. The fourth-order valence-corrected chi connectivity index (χ4v) is 4.21. The first kappa shape index (κ1) is 23.8. The molecule has 2 aromatic heterocycles. The van der Waals surface area contributed by atoms with Crippen molar-refractivity contribution in [2.24, 2.45) is 0 Å². The normalized spacial score (nSPS) is 14.6. The summed E-state index contributed by atoms with van der Waals surface area (Å²) >= 11 is 0. The number of furan rings is 1. The molecule has 1 aromatic carbocycles. The summed E-state index contributed by atoms with van der Waals surface area (Å²) in [5.41, 5.74) is 3.42. The van der Waals surface area contributed by atoms with Crippen LogP contribution in [0.25, 0.3) is 22.4 Å². The lowest BCUT2D eigenvalue weighted by Crippen LogP contribution is -2.27. The summed E-state index contributed by atoms with van der Waals surface area (Å²) in [5.74, 6) is -0.572. The lowest BCUT2D eigenvalue weighted by Gasteiger charge is -2.31. The van der Waals surface area contributed by atoms with E-state index in [4.69, 9.17) is 18.6 Å². The number of methoxy groups -OCH3 is 1. The van der Waals surface area contributed by atoms with Crippen LogP contribution in [0.1, 0.15) is 42.1 Å². The lowest BCUT2D eigenvalue weighted by atomic mass is 9.86. The minimum atomic E-state index is -1.24. The van der Waals surface area contributed by atoms with Gasteiger partial charge in [0.25, 0.3) is 0 Å². The smallest absolute Gasteiger partial charge is 0.341 e. The van der Waals surface area contributed by atoms with Crippen molar-refractivity contribution in [2.75, 3.05) is 26.9 Å². The highest BCUT2D eigenvalue weighted by molar-refractivity contribution is 5.88. The van der Waals surface area contributed by atoms with Crippen LogP contribution in [0.15, 0.2) is 52.2 Å². The van der Waals surface area contributed by atoms with E-state index in [2.05, 4.69) is 0 Å². The Morgan fingerprint density at radius 3 is 2.74 bits per heavy atom. The van der Waals surface area contributed by atoms with Gasteiger partial charge in [-0.15, -0.1) is 0 Å². The zero-order valence-electron chi connectivity index (χ0n) is 19.6. The van der Waals surface area contributed by atoms with Crippen LogP contribution in [-0.4, -0.2) is 48.7 Å². The highest BCUT2D eigenvalue weighted by Crippen LogP contribution is 2.43. The molecule has 8 heteroatoms. The lowest BCUT2D eigenvalue weighted by molar-refractivity contribution is 0.0636. The van der Waals surface area contributed by atoms with E-state index in [1.54, 1.807) is 19.6 Å². The largest absolute Gasteiger partial charge is 0.493 e. The van der Waals surface area contributed by atoms with E-state index < -0.39 is 11.4 Å². The number of aromatic nitrogens is 1. The Hall–Kier alpha value is -3.36. The third-order valence-electron chi connectivity index (χ3n) is 5.86. The molecule has 0 amide bonds. The number of aromatic carboxylic acids is 1. The second kappa shape index (κ2) is 10.3. The Labute approximate surface area is 197 Å². The molecule has 1 aliphatic rings. The van der Waals surface area contributed by atoms with Crippen molar-refractivity contribution < 1.29 is 28.5 Å². The van der Waals surface area contributed by atoms with Gasteiger partial charge in [0.2, 0.25) is 0 Å². The Morgan fingerprint density at radius 2 is 2.06 bits per heavy atom. The predicted octanol–water partition coefficient (Wildman–Crippen LogP) is 4.41. The van der Waals surface area contributed by atoms with Crippen LogP contribution in [0, 0.1) is 0 Å². The van der Waals surface area contributed by atoms with Gasteiger partial charge in [-0.05, 0) is 37.6 Å². The number of pyridine rings is 1. The van der Waals surface area contributed by atoms with Crippen LogP contribution >= 0.6 is 0 Å². The van der Waals surface area contributed by atoms with Crippen LogP contribution in [-0.2, 0) is 16.0 Å². The number of hydrogen-bond donors (Lipinski definition) is 1. The number of nitrogens with zero attached hydrogens (tertiary/aromatic N) is 1. The number of fused-ring (bicyclic) bond motifs is 3. The highest BCUT2D eigenvalue weighted by Gasteiger charge is 2.29. The summed E-state index contributed by atoms with van der Waals surface area (Å²) in [6, 6.07) is 7.25. The summed E-state index contributed by atoms with van der Waals surface area (Å²) in [6.45, 7) is 5.98. The van der Waals surface area contributed by atoms with Gasteiger partial charge in [0.15, 0.2) is 5.43 Å².